The molecule has 0 aromatic carbocycles. The number of carbonyl (C=O) groups excluding carboxylic acids is 1. The third-order valence-electron chi connectivity index (χ3n) is 1.95. The second-order valence-corrected chi connectivity index (χ2v) is 3.28. The average Bonchev–Trinajstić information content (AvgIpc) is 1.88. The Bertz CT molecular complexity index is 138. The van der Waals surface area contributed by atoms with Crippen molar-refractivity contribution >= 4 is 16.8 Å². The molecule has 0 N–H and O–H groups in total. The maximum Gasteiger partial charge on any atom is 0.226 e. The highest BCUT2D eigenvalue weighted by Crippen LogP contribution is 2.16. The fourth-order valence-corrected chi connectivity index (χ4v) is 1.53. The van der Waals surface area contributed by atoms with Crippen molar-refractivity contribution in [3.8, 4) is 0 Å². The first-order valence-corrected chi connectivity index (χ1v) is 3.96. The zero-order valence-corrected chi connectivity index (χ0v) is 6.90. The number of rotatable bonds is 1. The van der Waals surface area contributed by atoms with Gasteiger partial charge >= 0.3 is 0 Å². The number of piperidine rings is 1. The van der Waals surface area contributed by atoms with Gasteiger partial charge in [0.05, 0.1) is 0 Å². The molecule has 0 spiro atoms. The summed E-state index contributed by atoms with van der Waals surface area (Å²) in [5.74, 6) is 0.0837. The van der Waals surface area contributed by atoms with E-state index >= 15 is 0 Å². The van der Waals surface area contributed by atoms with E-state index in [1.165, 1.54) is 0 Å². The van der Waals surface area contributed by atoms with Crippen LogP contribution in [0.5, 0.6) is 0 Å². The Hall–Kier alpha value is -0.0800. The van der Waals surface area contributed by atoms with E-state index < -0.39 is 0 Å². The van der Waals surface area contributed by atoms with Crippen molar-refractivity contribution in [1.29, 1.82) is 0 Å². The summed E-state index contributed by atoms with van der Waals surface area (Å²) in [4.78, 5) is 12.8. The molecule has 1 rings (SSSR count). The molecule has 10 heavy (non-hydrogen) atoms. The lowest BCUT2D eigenvalue weighted by Crippen LogP contribution is -2.34. The highest BCUT2D eigenvalue weighted by atomic mass is 35.5. The Labute approximate surface area is 66.1 Å². The van der Waals surface area contributed by atoms with E-state index in [-0.39, 0.29) is 11.2 Å². The monoisotopic (exact) mass is 161 g/mol. The van der Waals surface area contributed by atoms with E-state index in [1.807, 2.05) is 7.05 Å². The standard InChI is InChI=1S/C7H12ClNO/c1-9-4-2-3-6(5-9)7(8)10/h6H,2-5H2,1H3. The number of nitrogens with zero attached hydrogens (tertiary/aromatic N) is 1. The van der Waals surface area contributed by atoms with Crippen LogP contribution in [-0.2, 0) is 4.79 Å². The van der Waals surface area contributed by atoms with Gasteiger partial charge in [0.15, 0.2) is 0 Å². The van der Waals surface area contributed by atoms with Crippen molar-refractivity contribution in [1.82, 2.24) is 4.90 Å². The van der Waals surface area contributed by atoms with E-state index in [0.717, 1.165) is 25.9 Å². The zero-order valence-electron chi connectivity index (χ0n) is 6.14. The van der Waals surface area contributed by atoms with E-state index in [4.69, 9.17) is 11.6 Å². The first kappa shape index (κ1) is 8.02. The summed E-state index contributed by atoms with van der Waals surface area (Å²) in [5, 5.41) is -0.174. The molecule has 0 radical (unpaired) electrons. The van der Waals surface area contributed by atoms with Crippen LogP contribution >= 0.6 is 11.6 Å². The lowest BCUT2D eigenvalue weighted by Gasteiger charge is -2.26. The van der Waals surface area contributed by atoms with Crippen molar-refractivity contribution in [2.45, 2.75) is 12.8 Å². The van der Waals surface area contributed by atoms with Crippen molar-refractivity contribution in [2.75, 3.05) is 20.1 Å². The average molecular weight is 162 g/mol. The number of hydrogen-bond donors (Lipinski definition) is 0. The molecule has 0 saturated carbocycles. The normalized spacial score (nSPS) is 28.4. The fourth-order valence-electron chi connectivity index (χ4n) is 1.35. The maximum absolute atomic E-state index is 10.7. The topological polar surface area (TPSA) is 20.3 Å². The first-order chi connectivity index (χ1) is 4.70. The predicted molar refractivity (Wildman–Crippen MR) is 41.1 cm³/mol. The summed E-state index contributed by atoms with van der Waals surface area (Å²) in [5.41, 5.74) is 0. The molecule has 2 nitrogen and oxygen atoms in total. The molecule has 0 bridgehead atoms. The van der Waals surface area contributed by atoms with E-state index in [0.29, 0.717) is 0 Å². The number of likely N-dealkylation sites (tertiary alicyclic amines) is 1. The lowest BCUT2D eigenvalue weighted by atomic mass is 10.0. The van der Waals surface area contributed by atoms with Gasteiger partial charge in [-0.05, 0) is 38.0 Å². The van der Waals surface area contributed by atoms with E-state index in [1.54, 1.807) is 0 Å². The van der Waals surface area contributed by atoms with Gasteiger partial charge in [0.1, 0.15) is 0 Å². The third kappa shape index (κ3) is 1.96. The molecule has 1 heterocycles. The second kappa shape index (κ2) is 3.35. The summed E-state index contributed by atoms with van der Waals surface area (Å²) in [6.07, 6.45) is 2.06. The fraction of sp³-hybridized carbons (Fsp3) is 0.857. The van der Waals surface area contributed by atoms with Gasteiger partial charge in [-0.3, -0.25) is 4.79 Å². The molecule has 58 valence electrons. The van der Waals surface area contributed by atoms with Crippen LogP contribution in [0, 0.1) is 5.92 Å². The maximum atomic E-state index is 10.7. The van der Waals surface area contributed by atoms with E-state index in [9.17, 15) is 4.79 Å². The van der Waals surface area contributed by atoms with E-state index in [2.05, 4.69) is 4.90 Å². The molecule has 1 aliphatic heterocycles. The van der Waals surface area contributed by atoms with Gasteiger partial charge < -0.3 is 4.90 Å². The number of carbonyl (C=O) groups is 1. The Morgan fingerprint density at radius 2 is 2.40 bits per heavy atom. The Kier molecular flexibility index (Phi) is 2.69. The highest BCUT2D eigenvalue weighted by Gasteiger charge is 2.21. The van der Waals surface area contributed by atoms with Crippen LogP contribution in [0.25, 0.3) is 0 Å². The molecular formula is C7H12ClNO. The van der Waals surface area contributed by atoms with Gasteiger partial charge in [-0.1, -0.05) is 0 Å². The van der Waals surface area contributed by atoms with Gasteiger partial charge in [-0.25, -0.2) is 0 Å². The van der Waals surface area contributed by atoms with Crippen molar-refractivity contribution in [3.63, 3.8) is 0 Å². The SMILES string of the molecule is CN1CCCC(C(=O)Cl)C1. The van der Waals surface area contributed by atoms with Crippen LogP contribution < -0.4 is 0 Å². The Balaban J connectivity index is 2.39. The number of hydrogen-bond acceptors (Lipinski definition) is 2. The molecule has 1 saturated heterocycles. The van der Waals surface area contributed by atoms with Gasteiger partial charge in [0, 0.05) is 12.5 Å². The van der Waals surface area contributed by atoms with Crippen LogP contribution in [0.3, 0.4) is 0 Å². The smallest absolute Gasteiger partial charge is 0.226 e. The van der Waals surface area contributed by atoms with Gasteiger partial charge in [-0.15, -0.1) is 0 Å². The van der Waals surface area contributed by atoms with Crippen LogP contribution in [-0.4, -0.2) is 30.3 Å². The molecule has 1 aliphatic rings. The summed E-state index contributed by atoms with van der Waals surface area (Å²) in [7, 11) is 2.02. The summed E-state index contributed by atoms with van der Waals surface area (Å²) in [6, 6.07) is 0. The minimum atomic E-state index is -0.174. The molecule has 1 atom stereocenters. The molecule has 3 heteroatoms. The van der Waals surface area contributed by atoms with Crippen molar-refractivity contribution < 1.29 is 4.79 Å². The molecule has 1 fully saturated rings. The van der Waals surface area contributed by atoms with Crippen molar-refractivity contribution in [3.05, 3.63) is 0 Å². The van der Waals surface area contributed by atoms with Crippen molar-refractivity contribution in [2.24, 2.45) is 5.92 Å². The zero-order chi connectivity index (χ0) is 7.56. The minimum absolute atomic E-state index is 0.0837. The molecule has 1 unspecified atom stereocenters. The Morgan fingerprint density at radius 3 is 2.80 bits per heavy atom. The lowest BCUT2D eigenvalue weighted by molar-refractivity contribution is -0.116. The second-order valence-electron chi connectivity index (χ2n) is 2.91. The third-order valence-corrected chi connectivity index (χ3v) is 2.25. The summed E-state index contributed by atoms with van der Waals surface area (Å²) in [6.45, 7) is 1.93. The van der Waals surface area contributed by atoms with Gasteiger partial charge in [0.2, 0.25) is 5.24 Å². The first-order valence-electron chi connectivity index (χ1n) is 3.58. The quantitative estimate of drug-likeness (QED) is 0.537. The van der Waals surface area contributed by atoms with Gasteiger partial charge in [0.25, 0.3) is 0 Å². The predicted octanol–water partition coefficient (Wildman–Crippen LogP) is 1.09. The molecular weight excluding hydrogens is 150 g/mol. The minimum Gasteiger partial charge on any atom is -0.306 e. The molecule has 0 aliphatic carbocycles. The summed E-state index contributed by atoms with van der Waals surface area (Å²) >= 11 is 5.36. The highest BCUT2D eigenvalue weighted by molar-refractivity contribution is 6.64. The molecule has 0 amide bonds. The van der Waals surface area contributed by atoms with Crippen LogP contribution in [0.4, 0.5) is 0 Å². The van der Waals surface area contributed by atoms with Crippen LogP contribution in [0.15, 0.2) is 0 Å². The largest absolute Gasteiger partial charge is 0.306 e. The van der Waals surface area contributed by atoms with Crippen LogP contribution in [0.1, 0.15) is 12.8 Å². The number of halogens is 1. The summed E-state index contributed by atoms with van der Waals surface area (Å²) < 4.78 is 0. The van der Waals surface area contributed by atoms with Crippen LogP contribution in [0.2, 0.25) is 0 Å². The molecule has 0 aromatic heterocycles. The van der Waals surface area contributed by atoms with Gasteiger partial charge in [-0.2, -0.15) is 0 Å². The molecule has 0 aromatic rings. The Morgan fingerprint density at radius 1 is 1.70 bits per heavy atom.